The molecule has 2 aromatic heterocycles. The number of nitrogens with zero attached hydrogens (tertiary/aromatic N) is 5. The molecule has 2 aromatic carbocycles. The minimum absolute atomic E-state index is 0.00952. The van der Waals surface area contributed by atoms with Crippen LogP contribution in [0.15, 0.2) is 66.9 Å². The molecule has 0 fully saturated rings. The molecule has 2 aliphatic rings. The lowest BCUT2D eigenvalue weighted by Crippen LogP contribution is -2.48. The number of fused-ring (bicyclic) bond motifs is 2. The van der Waals surface area contributed by atoms with Crippen LogP contribution in [0.4, 0.5) is 0 Å². The number of ketones is 1. The number of carbonyl (C=O) groups excluding carboxylic acids is 2. The lowest BCUT2D eigenvalue weighted by atomic mass is 9.79. The Morgan fingerprint density at radius 3 is 2.66 bits per heavy atom. The SMILES string of the molecule is O=C(CON1C(=O)c2ccccc2[C@@]1(Cc1ccc(Cl)cn1)c1ccc(Cl)cc1)C(O)Cc1nnn2c1CNCC2. The average Bonchev–Trinajstić information content (AvgIpc) is 3.50. The quantitative estimate of drug-likeness (QED) is 0.304. The van der Waals surface area contributed by atoms with Crippen molar-refractivity contribution < 1.29 is 19.5 Å². The number of Topliss-reactive ketones (excluding diaryl/α,β-unsaturated/α-hetero) is 1. The minimum atomic E-state index is -1.39. The van der Waals surface area contributed by atoms with E-state index >= 15 is 0 Å². The van der Waals surface area contributed by atoms with Gasteiger partial charge >= 0.3 is 0 Å². The van der Waals surface area contributed by atoms with Crippen molar-refractivity contribution in [3.63, 3.8) is 0 Å². The van der Waals surface area contributed by atoms with Crippen molar-refractivity contribution in [1.82, 2.24) is 30.4 Å². The molecule has 6 rings (SSSR count). The van der Waals surface area contributed by atoms with E-state index in [1.54, 1.807) is 47.3 Å². The highest BCUT2D eigenvalue weighted by atomic mass is 35.5. The second-order valence-electron chi connectivity index (χ2n) is 10.00. The maximum absolute atomic E-state index is 13.8. The molecular formula is C29H26Cl2N6O4. The number of aliphatic hydroxyl groups excluding tert-OH is 1. The number of pyridine rings is 1. The monoisotopic (exact) mass is 592 g/mol. The zero-order valence-electron chi connectivity index (χ0n) is 21.8. The molecule has 0 spiro atoms. The summed E-state index contributed by atoms with van der Waals surface area (Å²) >= 11 is 12.3. The van der Waals surface area contributed by atoms with E-state index in [2.05, 4.69) is 20.6 Å². The molecule has 1 unspecified atom stereocenters. The molecule has 41 heavy (non-hydrogen) atoms. The van der Waals surface area contributed by atoms with Crippen LogP contribution in [0.5, 0.6) is 0 Å². The second-order valence-corrected chi connectivity index (χ2v) is 10.9. The topological polar surface area (TPSA) is 122 Å². The van der Waals surface area contributed by atoms with E-state index in [0.717, 1.165) is 12.2 Å². The Morgan fingerprint density at radius 1 is 1.10 bits per heavy atom. The number of hydroxylamine groups is 2. The van der Waals surface area contributed by atoms with Gasteiger partial charge in [-0.05, 0) is 41.5 Å². The van der Waals surface area contributed by atoms with E-state index in [0.29, 0.717) is 51.2 Å². The van der Waals surface area contributed by atoms with Gasteiger partial charge in [-0.25, -0.2) is 9.75 Å². The highest BCUT2D eigenvalue weighted by Gasteiger charge is 2.52. The van der Waals surface area contributed by atoms with Crippen molar-refractivity contribution in [3.8, 4) is 0 Å². The number of rotatable bonds is 9. The van der Waals surface area contributed by atoms with Crippen molar-refractivity contribution >= 4 is 34.9 Å². The fourth-order valence-corrected chi connectivity index (χ4v) is 5.68. The molecule has 0 saturated heterocycles. The number of carbonyl (C=O) groups is 2. The third-order valence-electron chi connectivity index (χ3n) is 7.49. The van der Waals surface area contributed by atoms with Crippen molar-refractivity contribution in [2.45, 2.75) is 37.6 Å². The second kappa shape index (κ2) is 11.3. The van der Waals surface area contributed by atoms with Gasteiger partial charge in [0, 0.05) is 48.4 Å². The first-order chi connectivity index (χ1) is 19.9. The number of aliphatic hydroxyl groups is 1. The first-order valence-corrected chi connectivity index (χ1v) is 13.9. The first-order valence-electron chi connectivity index (χ1n) is 13.1. The van der Waals surface area contributed by atoms with Crippen molar-refractivity contribution in [2.75, 3.05) is 13.2 Å². The Kier molecular flexibility index (Phi) is 7.58. The van der Waals surface area contributed by atoms with Crippen LogP contribution in [0.25, 0.3) is 0 Å². The van der Waals surface area contributed by atoms with E-state index < -0.39 is 29.9 Å². The van der Waals surface area contributed by atoms with Crippen LogP contribution in [-0.4, -0.2) is 61.1 Å². The van der Waals surface area contributed by atoms with Crippen LogP contribution in [0.1, 0.15) is 38.6 Å². The van der Waals surface area contributed by atoms with Gasteiger partial charge in [-0.1, -0.05) is 58.7 Å². The summed E-state index contributed by atoms with van der Waals surface area (Å²) in [6.45, 7) is 1.47. The van der Waals surface area contributed by atoms with Crippen LogP contribution < -0.4 is 5.32 Å². The van der Waals surface area contributed by atoms with Crippen LogP contribution in [0.3, 0.4) is 0 Å². The average molecular weight is 593 g/mol. The summed E-state index contributed by atoms with van der Waals surface area (Å²) in [6.07, 6.45) is 0.371. The molecule has 1 amide bonds. The van der Waals surface area contributed by atoms with Gasteiger partial charge in [-0.15, -0.1) is 5.10 Å². The molecule has 4 heterocycles. The first kappa shape index (κ1) is 27.5. The number of halogens is 2. The lowest BCUT2D eigenvalue weighted by molar-refractivity contribution is -0.180. The number of aromatic nitrogens is 4. The number of hydrogen-bond acceptors (Lipinski definition) is 8. The highest BCUT2D eigenvalue weighted by Crippen LogP contribution is 2.46. The van der Waals surface area contributed by atoms with Gasteiger partial charge in [-0.2, -0.15) is 0 Å². The molecule has 2 N–H and O–H groups in total. The zero-order chi connectivity index (χ0) is 28.6. The maximum atomic E-state index is 13.8. The molecule has 0 aliphatic carbocycles. The Morgan fingerprint density at radius 2 is 1.88 bits per heavy atom. The van der Waals surface area contributed by atoms with E-state index in [9.17, 15) is 14.7 Å². The van der Waals surface area contributed by atoms with Gasteiger partial charge in [0.1, 0.15) is 18.2 Å². The van der Waals surface area contributed by atoms with Crippen LogP contribution >= 0.6 is 23.2 Å². The summed E-state index contributed by atoms with van der Waals surface area (Å²) in [5.74, 6) is -1.00. The van der Waals surface area contributed by atoms with Gasteiger partial charge in [0.05, 0.1) is 23.0 Å². The predicted octanol–water partition coefficient (Wildman–Crippen LogP) is 3.13. The summed E-state index contributed by atoms with van der Waals surface area (Å²) in [6, 6.07) is 17.8. The Balaban J connectivity index is 1.32. The summed E-state index contributed by atoms with van der Waals surface area (Å²) in [7, 11) is 0. The van der Waals surface area contributed by atoms with E-state index in [1.807, 2.05) is 24.3 Å². The van der Waals surface area contributed by atoms with Gasteiger partial charge in [0.15, 0.2) is 5.78 Å². The van der Waals surface area contributed by atoms with E-state index in [4.69, 9.17) is 28.0 Å². The molecule has 2 atom stereocenters. The summed E-state index contributed by atoms with van der Waals surface area (Å²) in [5.41, 5.74) is 2.71. The van der Waals surface area contributed by atoms with Crippen LogP contribution in [0, 0.1) is 0 Å². The molecule has 0 saturated carbocycles. The zero-order valence-corrected chi connectivity index (χ0v) is 23.3. The Labute approximate surface area is 245 Å². The number of hydrogen-bond donors (Lipinski definition) is 2. The van der Waals surface area contributed by atoms with Gasteiger partial charge in [0.2, 0.25) is 0 Å². The highest BCUT2D eigenvalue weighted by molar-refractivity contribution is 6.30. The summed E-state index contributed by atoms with van der Waals surface area (Å²) in [5, 5.41) is 24.5. The molecule has 210 valence electrons. The predicted molar refractivity (Wildman–Crippen MR) is 150 cm³/mol. The fraction of sp³-hybridized carbons (Fsp3) is 0.276. The lowest BCUT2D eigenvalue weighted by Gasteiger charge is -2.38. The molecule has 10 nitrogen and oxygen atoms in total. The molecule has 2 aliphatic heterocycles. The van der Waals surface area contributed by atoms with E-state index in [-0.39, 0.29) is 12.8 Å². The van der Waals surface area contributed by atoms with E-state index in [1.165, 1.54) is 5.06 Å². The van der Waals surface area contributed by atoms with Crippen molar-refractivity contribution in [1.29, 1.82) is 0 Å². The maximum Gasteiger partial charge on any atom is 0.279 e. The summed E-state index contributed by atoms with van der Waals surface area (Å²) in [4.78, 5) is 37.5. The molecule has 0 radical (unpaired) electrons. The van der Waals surface area contributed by atoms with Crippen molar-refractivity contribution in [3.05, 3.63) is 111 Å². The standard InChI is InChI=1S/C29H26Cl2N6O4/c30-19-7-5-18(6-8-19)29(14-21-10-9-20(31)15-33-21)23-4-2-1-3-22(23)28(40)37(29)41-17-27(39)26(38)13-24-25-16-32-11-12-36(25)35-34-24/h1-10,15,26,32,38H,11-14,16-17H2/t26?,29-/m1/s1. The normalized spacial score (nSPS) is 18.7. The van der Waals surface area contributed by atoms with Crippen LogP contribution in [-0.2, 0) is 41.1 Å². The number of amides is 1. The largest absolute Gasteiger partial charge is 0.385 e. The number of nitrogens with one attached hydrogen (secondary N) is 1. The Bertz CT molecular complexity index is 1590. The van der Waals surface area contributed by atoms with Crippen LogP contribution in [0.2, 0.25) is 10.0 Å². The number of benzene rings is 2. The molecular weight excluding hydrogens is 567 g/mol. The fourth-order valence-electron chi connectivity index (χ4n) is 5.45. The smallest absolute Gasteiger partial charge is 0.279 e. The minimum Gasteiger partial charge on any atom is -0.385 e. The molecule has 4 aromatic rings. The third kappa shape index (κ3) is 5.13. The van der Waals surface area contributed by atoms with Gasteiger partial charge in [0.25, 0.3) is 5.91 Å². The van der Waals surface area contributed by atoms with Crippen molar-refractivity contribution in [2.24, 2.45) is 0 Å². The van der Waals surface area contributed by atoms with Gasteiger partial charge in [-0.3, -0.25) is 19.4 Å². The molecule has 0 bridgehead atoms. The third-order valence-corrected chi connectivity index (χ3v) is 7.96. The molecule has 12 heteroatoms. The summed E-state index contributed by atoms with van der Waals surface area (Å²) < 4.78 is 1.77. The Hall–Kier alpha value is -3.67. The van der Waals surface area contributed by atoms with Gasteiger partial charge < -0.3 is 10.4 Å².